The Bertz CT molecular complexity index is 685. The summed E-state index contributed by atoms with van der Waals surface area (Å²) in [6.45, 7) is 0.0464. The van der Waals surface area contributed by atoms with Crippen LogP contribution in [-0.2, 0) is 11.3 Å². The molecule has 0 fully saturated rings. The summed E-state index contributed by atoms with van der Waals surface area (Å²) in [7, 11) is 0. The number of anilines is 1. The van der Waals surface area contributed by atoms with E-state index in [1.807, 2.05) is 0 Å². The topological polar surface area (TPSA) is 50.3 Å². The van der Waals surface area contributed by atoms with Crippen molar-refractivity contribution < 1.29 is 18.4 Å². The minimum Gasteiger partial charge on any atom is -0.297 e. The van der Waals surface area contributed by atoms with Crippen molar-refractivity contribution >= 4 is 28.7 Å². The summed E-state index contributed by atoms with van der Waals surface area (Å²) < 4.78 is 26.9. The second kappa shape index (κ2) is 4.20. The first-order valence-corrected chi connectivity index (χ1v) is 6.18. The lowest BCUT2D eigenvalue weighted by Gasteiger charge is -2.15. The van der Waals surface area contributed by atoms with Crippen LogP contribution in [0.1, 0.15) is 15.2 Å². The smallest absolute Gasteiger partial charge is 0.297 e. The van der Waals surface area contributed by atoms with Gasteiger partial charge in [-0.3, -0.25) is 19.5 Å². The molecular formula is C12H6F2N2O2S. The molecule has 2 heterocycles. The predicted octanol–water partition coefficient (Wildman–Crippen LogP) is 2.15. The van der Waals surface area contributed by atoms with Crippen molar-refractivity contribution in [2.75, 3.05) is 4.90 Å². The van der Waals surface area contributed by atoms with E-state index in [4.69, 9.17) is 0 Å². The fourth-order valence-corrected chi connectivity index (χ4v) is 2.56. The number of ketones is 1. The van der Waals surface area contributed by atoms with Crippen LogP contribution in [0.3, 0.4) is 0 Å². The van der Waals surface area contributed by atoms with Gasteiger partial charge in [-0.05, 0) is 6.07 Å². The van der Waals surface area contributed by atoms with Crippen LogP contribution in [0.2, 0.25) is 0 Å². The second-order valence-corrected chi connectivity index (χ2v) is 4.94. The quantitative estimate of drug-likeness (QED) is 0.792. The molecule has 0 unspecified atom stereocenters. The maximum Gasteiger partial charge on any atom is 0.299 e. The third-order valence-corrected chi connectivity index (χ3v) is 3.54. The van der Waals surface area contributed by atoms with E-state index in [9.17, 15) is 18.4 Å². The van der Waals surface area contributed by atoms with Crippen LogP contribution in [0.15, 0.2) is 23.8 Å². The Labute approximate surface area is 110 Å². The number of Topliss-reactive ketones (excluding diaryl/α,β-unsaturated/α-hetero) is 1. The van der Waals surface area contributed by atoms with Gasteiger partial charge in [0.15, 0.2) is 5.82 Å². The van der Waals surface area contributed by atoms with Gasteiger partial charge in [0.2, 0.25) is 0 Å². The lowest BCUT2D eigenvalue weighted by Crippen LogP contribution is -2.29. The summed E-state index contributed by atoms with van der Waals surface area (Å²) >= 11 is 1.28. The van der Waals surface area contributed by atoms with Crippen molar-refractivity contribution in [2.24, 2.45) is 0 Å². The van der Waals surface area contributed by atoms with Gasteiger partial charge >= 0.3 is 0 Å². The van der Waals surface area contributed by atoms with Gasteiger partial charge in [-0.15, -0.1) is 11.3 Å². The van der Waals surface area contributed by atoms with Crippen LogP contribution in [0.4, 0.5) is 14.5 Å². The van der Waals surface area contributed by atoms with E-state index in [0.29, 0.717) is 10.9 Å². The number of benzene rings is 1. The summed E-state index contributed by atoms with van der Waals surface area (Å²) in [6.07, 6.45) is 1.53. The van der Waals surface area contributed by atoms with E-state index in [0.717, 1.165) is 11.0 Å². The molecule has 4 nitrogen and oxygen atoms in total. The van der Waals surface area contributed by atoms with Gasteiger partial charge in [0.1, 0.15) is 5.82 Å². The molecule has 0 radical (unpaired) electrons. The third kappa shape index (κ3) is 1.82. The lowest BCUT2D eigenvalue weighted by atomic mass is 10.1. The van der Waals surface area contributed by atoms with Gasteiger partial charge in [-0.2, -0.15) is 0 Å². The van der Waals surface area contributed by atoms with Crippen molar-refractivity contribution in [2.45, 2.75) is 6.54 Å². The largest absolute Gasteiger partial charge is 0.299 e. The highest BCUT2D eigenvalue weighted by molar-refractivity contribution is 7.09. The van der Waals surface area contributed by atoms with Gasteiger partial charge in [0, 0.05) is 17.1 Å². The number of aromatic nitrogens is 1. The molecule has 2 aromatic rings. The highest BCUT2D eigenvalue weighted by Gasteiger charge is 2.38. The molecular weight excluding hydrogens is 274 g/mol. The predicted molar refractivity (Wildman–Crippen MR) is 64.0 cm³/mol. The average Bonchev–Trinajstić information content (AvgIpc) is 2.93. The molecule has 0 saturated heterocycles. The molecule has 0 N–H and O–H groups in total. The van der Waals surface area contributed by atoms with E-state index in [-0.39, 0.29) is 17.8 Å². The van der Waals surface area contributed by atoms with Crippen LogP contribution in [0, 0.1) is 11.6 Å². The third-order valence-electron chi connectivity index (χ3n) is 2.78. The molecule has 96 valence electrons. The van der Waals surface area contributed by atoms with Crippen LogP contribution >= 0.6 is 11.3 Å². The Morgan fingerprint density at radius 1 is 1.26 bits per heavy atom. The van der Waals surface area contributed by atoms with E-state index in [1.54, 1.807) is 5.51 Å². The van der Waals surface area contributed by atoms with Crippen molar-refractivity contribution in [3.63, 3.8) is 0 Å². The summed E-state index contributed by atoms with van der Waals surface area (Å²) in [5.41, 5.74) is 1.18. The van der Waals surface area contributed by atoms with Gasteiger partial charge in [-0.1, -0.05) is 0 Å². The van der Waals surface area contributed by atoms with E-state index in [1.165, 1.54) is 17.5 Å². The Kier molecular flexibility index (Phi) is 2.63. The summed E-state index contributed by atoms with van der Waals surface area (Å²) in [4.78, 5) is 29.1. The molecule has 3 rings (SSSR count). The van der Waals surface area contributed by atoms with Gasteiger partial charge < -0.3 is 0 Å². The molecule has 0 spiro atoms. The van der Waals surface area contributed by atoms with Gasteiger partial charge in [0.25, 0.3) is 11.7 Å². The average molecular weight is 280 g/mol. The molecule has 0 atom stereocenters. The number of carbonyl (C=O) groups excluding carboxylic acids is 2. The number of carbonyl (C=O) groups is 2. The number of nitrogens with zero attached hydrogens (tertiary/aromatic N) is 2. The zero-order valence-corrected chi connectivity index (χ0v) is 10.2. The molecule has 1 aliphatic heterocycles. The standard InChI is InChI=1S/C12H6F2N2O2S/c13-6-1-8-10(9(14)2-6)16(12(18)11(8)17)4-7-3-15-5-19-7/h1-3,5H,4H2. The number of rotatable bonds is 2. The molecule has 0 aliphatic carbocycles. The maximum atomic E-state index is 13.8. The lowest BCUT2D eigenvalue weighted by molar-refractivity contribution is -0.114. The molecule has 19 heavy (non-hydrogen) atoms. The fourth-order valence-electron chi connectivity index (χ4n) is 1.98. The molecule has 1 aromatic heterocycles. The first kappa shape index (κ1) is 11.9. The molecule has 0 saturated carbocycles. The van der Waals surface area contributed by atoms with Gasteiger partial charge in [0.05, 0.1) is 23.3 Å². The van der Waals surface area contributed by atoms with E-state index < -0.39 is 23.3 Å². The minimum atomic E-state index is -0.918. The van der Waals surface area contributed by atoms with Gasteiger partial charge in [-0.25, -0.2) is 8.78 Å². The Balaban J connectivity index is 2.09. The van der Waals surface area contributed by atoms with Crippen LogP contribution in [0.25, 0.3) is 0 Å². The Hall–Kier alpha value is -2.15. The number of fused-ring (bicyclic) bond motifs is 1. The normalized spacial score (nSPS) is 14.1. The Morgan fingerprint density at radius 3 is 2.74 bits per heavy atom. The van der Waals surface area contributed by atoms with Crippen molar-refractivity contribution in [3.05, 3.63) is 45.9 Å². The summed E-state index contributed by atoms with van der Waals surface area (Å²) in [6, 6.07) is 1.54. The highest BCUT2D eigenvalue weighted by Crippen LogP contribution is 2.34. The molecule has 1 amide bonds. The van der Waals surface area contributed by atoms with Crippen LogP contribution in [0.5, 0.6) is 0 Å². The molecule has 0 bridgehead atoms. The maximum absolute atomic E-state index is 13.8. The molecule has 1 aromatic carbocycles. The zero-order chi connectivity index (χ0) is 13.6. The van der Waals surface area contributed by atoms with Crippen molar-refractivity contribution in [1.29, 1.82) is 0 Å². The first-order chi connectivity index (χ1) is 9.08. The Morgan fingerprint density at radius 2 is 2.05 bits per heavy atom. The van der Waals surface area contributed by atoms with E-state index in [2.05, 4.69) is 4.98 Å². The summed E-state index contributed by atoms with van der Waals surface area (Å²) in [5.74, 6) is -3.54. The van der Waals surface area contributed by atoms with Crippen LogP contribution < -0.4 is 4.90 Å². The summed E-state index contributed by atoms with van der Waals surface area (Å²) in [5, 5.41) is 0. The molecule has 1 aliphatic rings. The SMILES string of the molecule is O=C1C(=O)N(Cc2cncs2)c2c(F)cc(F)cc21. The number of halogens is 2. The fraction of sp³-hybridized carbons (Fsp3) is 0.0833. The number of amides is 1. The van der Waals surface area contributed by atoms with Crippen molar-refractivity contribution in [1.82, 2.24) is 4.98 Å². The van der Waals surface area contributed by atoms with Crippen LogP contribution in [-0.4, -0.2) is 16.7 Å². The zero-order valence-electron chi connectivity index (χ0n) is 9.39. The monoisotopic (exact) mass is 280 g/mol. The van der Waals surface area contributed by atoms with Crippen molar-refractivity contribution in [3.8, 4) is 0 Å². The van der Waals surface area contributed by atoms with E-state index >= 15 is 0 Å². The number of hydrogen-bond acceptors (Lipinski definition) is 4. The number of hydrogen-bond donors (Lipinski definition) is 0. The molecule has 7 heteroatoms. The highest BCUT2D eigenvalue weighted by atomic mass is 32.1. The minimum absolute atomic E-state index is 0.0464. The first-order valence-electron chi connectivity index (χ1n) is 5.30. The number of thiazole rings is 1. The second-order valence-electron chi connectivity index (χ2n) is 3.97.